The van der Waals surface area contributed by atoms with Crippen LogP contribution in [0.2, 0.25) is 0 Å². The molecule has 0 atom stereocenters. The summed E-state index contributed by atoms with van der Waals surface area (Å²) in [6, 6.07) is 5.29. The van der Waals surface area contributed by atoms with Crippen molar-refractivity contribution in [1.82, 2.24) is 0 Å². The van der Waals surface area contributed by atoms with E-state index in [9.17, 15) is 13.2 Å². The van der Waals surface area contributed by atoms with Crippen LogP contribution in [0.15, 0.2) is 28.4 Å². The lowest BCUT2D eigenvalue weighted by Gasteiger charge is -2.12. The molecule has 0 saturated heterocycles. The van der Waals surface area contributed by atoms with Crippen LogP contribution in [0.4, 0.5) is 18.9 Å². The van der Waals surface area contributed by atoms with Gasteiger partial charge in [0.15, 0.2) is 5.75 Å². The number of halogens is 4. The number of ether oxygens (including phenoxy) is 1. The van der Waals surface area contributed by atoms with Crippen molar-refractivity contribution in [2.45, 2.75) is 6.61 Å². The second kappa shape index (κ2) is 6.66. The van der Waals surface area contributed by atoms with E-state index in [4.69, 9.17) is 10.5 Å². The maximum Gasteiger partial charge on any atom is 0.387 e. The Kier molecular flexibility index (Phi) is 5.22. The Hall–Kier alpha value is -2.19. The minimum Gasteiger partial charge on any atom is -0.431 e. The Morgan fingerprint density at radius 2 is 2.00 bits per heavy atom. The van der Waals surface area contributed by atoms with Crippen molar-refractivity contribution in [2.75, 3.05) is 5.32 Å². The van der Waals surface area contributed by atoms with Gasteiger partial charge in [-0.1, -0.05) is 0 Å². The van der Waals surface area contributed by atoms with Gasteiger partial charge in [-0.25, -0.2) is 4.39 Å². The highest BCUT2D eigenvalue weighted by Crippen LogP contribution is 2.36. The van der Waals surface area contributed by atoms with E-state index in [1.807, 2.05) is 0 Å². The molecule has 0 aromatic heterocycles. The molecular formula is C11H5BrF3N3O. The predicted molar refractivity (Wildman–Crippen MR) is 63.7 cm³/mol. The normalized spacial score (nSPS) is 9.42. The Bertz CT molecular complexity index is 574. The number of alkyl halides is 2. The van der Waals surface area contributed by atoms with Crippen molar-refractivity contribution in [1.29, 1.82) is 10.5 Å². The highest BCUT2D eigenvalue weighted by molar-refractivity contribution is 9.10. The van der Waals surface area contributed by atoms with Gasteiger partial charge in [-0.15, -0.1) is 0 Å². The Morgan fingerprint density at radius 1 is 1.37 bits per heavy atom. The molecule has 0 bridgehead atoms. The van der Waals surface area contributed by atoms with Gasteiger partial charge in [0, 0.05) is 6.20 Å². The molecule has 19 heavy (non-hydrogen) atoms. The van der Waals surface area contributed by atoms with E-state index in [1.54, 1.807) is 12.1 Å². The first-order valence-corrected chi connectivity index (χ1v) is 5.48. The van der Waals surface area contributed by atoms with Crippen molar-refractivity contribution in [3.05, 3.63) is 34.2 Å². The number of allylic oxidation sites excluding steroid dienone is 1. The number of hydrogen-bond acceptors (Lipinski definition) is 4. The van der Waals surface area contributed by atoms with Gasteiger partial charge >= 0.3 is 6.61 Å². The highest BCUT2D eigenvalue weighted by Gasteiger charge is 2.16. The van der Waals surface area contributed by atoms with Crippen LogP contribution in [0.3, 0.4) is 0 Å². The van der Waals surface area contributed by atoms with Crippen molar-refractivity contribution >= 4 is 21.6 Å². The van der Waals surface area contributed by atoms with E-state index in [-0.39, 0.29) is 15.7 Å². The molecule has 0 fully saturated rings. The molecule has 1 rings (SSSR count). The first-order valence-electron chi connectivity index (χ1n) is 4.69. The number of rotatable bonds is 4. The Labute approximate surface area is 114 Å². The number of hydrogen-bond donors (Lipinski definition) is 1. The monoisotopic (exact) mass is 331 g/mol. The second-order valence-corrected chi connectivity index (χ2v) is 3.84. The molecule has 0 spiro atoms. The molecule has 0 unspecified atom stereocenters. The molecule has 0 saturated carbocycles. The van der Waals surface area contributed by atoms with Gasteiger partial charge in [-0.3, -0.25) is 0 Å². The minimum atomic E-state index is -3.14. The lowest BCUT2D eigenvalue weighted by Crippen LogP contribution is -2.06. The third-order valence-electron chi connectivity index (χ3n) is 1.87. The zero-order chi connectivity index (χ0) is 14.4. The van der Waals surface area contributed by atoms with Crippen LogP contribution in [0, 0.1) is 28.5 Å². The van der Waals surface area contributed by atoms with Gasteiger partial charge in [-0.2, -0.15) is 19.3 Å². The Balaban J connectivity index is 3.15. The third-order valence-corrected chi connectivity index (χ3v) is 2.61. The van der Waals surface area contributed by atoms with E-state index >= 15 is 0 Å². The first kappa shape index (κ1) is 14.9. The summed E-state index contributed by atoms with van der Waals surface area (Å²) in [6.45, 7) is -3.14. The van der Waals surface area contributed by atoms with Crippen LogP contribution >= 0.6 is 15.9 Å². The molecule has 1 aromatic rings. The van der Waals surface area contributed by atoms with Crippen LogP contribution in [0.1, 0.15) is 0 Å². The van der Waals surface area contributed by atoms with Crippen LogP contribution in [0.25, 0.3) is 0 Å². The van der Waals surface area contributed by atoms with Crippen molar-refractivity contribution in [3.63, 3.8) is 0 Å². The standard InChI is InChI=1S/C11H5BrF3N3O/c12-9-7(13)1-2-8(10(9)19-11(14)15)18-5-6(3-16)4-17/h1-2,5,11,18H. The van der Waals surface area contributed by atoms with Gasteiger partial charge in [0.2, 0.25) is 0 Å². The number of nitrogens with zero attached hydrogens (tertiary/aromatic N) is 2. The summed E-state index contributed by atoms with van der Waals surface area (Å²) in [6.07, 6.45) is 0.998. The predicted octanol–water partition coefficient (Wildman–Crippen LogP) is 3.53. The van der Waals surface area contributed by atoms with Crippen LogP contribution < -0.4 is 10.1 Å². The molecule has 1 N–H and O–H groups in total. The first-order chi connectivity index (χ1) is 8.99. The summed E-state index contributed by atoms with van der Waals surface area (Å²) in [7, 11) is 0. The summed E-state index contributed by atoms with van der Waals surface area (Å²) < 4.78 is 41.6. The van der Waals surface area contributed by atoms with Crippen LogP contribution in [-0.2, 0) is 0 Å². The second-order valence-electron chi connectivity index (χ2n) is 3.04. The fourth-order valence-corrected chi connectivity index (χ4v) is 1.53. The summed E-state index contributed by atoms with van der Waals surface area (Å²) in [4.78, 5) is 0. The van der Waals surface area contributed by atoms with E-state index in [0.717, 1.165) is 18.3 Å². The fourth-order valence-electron chi connectivity index (χ4n) is 1.09. The average Bonchev–Trinajstić information content (AvgIpc) is 2.38. The molecular weight excluding hydrogens is 327 g/mol. The van der Waals surface area contributed by atoms with E-state index in [2.05, 4.69) is 26.0 Å². The molecule has 0 aliphatic heterocycles. The lowest BCUT2D eigenvalue weighted by atomic mass is 10.2. The topological polar surface area (TPSA) is 68.8 Å². The maximum atomic E-state index is 13.2. The zero-order valence-corrected chi connectivity index (χ0v) is 10.7. The molecule has 98 valence electrons. The SMILES string of the molecule is N#CC(C#N)=CNc1ccc(F)c(Br)c1OC(F)F. The van der Waals surface area contributed by atoms with Crippen LogP contribution in [-0.4, -0.2) is 6.61 Å². The molecule has 0 heterocycles. The molecule has 0 aliphatic rings. The number of nitriles is 2. The summed E-state index contributed by atoms with van der Waals surface area (Å²) >= 11 is 2.78. The fraction of sp³-hybridized carbons (Fsp3) is 0.0909. The molecule has 0 amide bonds. The lowest BCUT2D eigenvalue weighted by molar-refractivity contribution is -0.0500. The van der Waals surface area contributed by atoms with Gasteiger partial charge < -0.3 is 10.1 Å². The Morgan fingerprint density at radius 3 is 2.53 bits per heavy atom. The molecule has 8 heteroatoms. The third kappa shape index (κ3) is 3.90. The van der Waals surface area contributed by atoms with Gasteiger partial charge in [0.1, 0.15) is 23.5 Å². The quantitative estimate of drug-likeness (QED) is 0.857. The van der Waals surface area contributed by atoms with Crippen molar-refractivity contribution in [3.8, 4) is 17.9 Å². The molecule has 0 radical (unpaired) electrons. The summed E-state index contributed by atoms with van der Waals surface area (Å²) in [5, 5.41) is 19.5. The number of nitrogens with one attached hydrogen (secondary N) is 1. The molecule has 4 nitrogen and oxygen atoms in total. The van der Waals surface area contributed by atoms with E-state index < -0.39 is 18.2 Å². The zero-order valence-electron chi connectivity index (χ0n) is 9.12. The van der Waals surface area contributed by atoms with E-state index in [0.29, 0.717) is 0 Å². The van der Waals surface area contributed by atoms with Crippen molar-refractivity contribution in [2.24, 2.45) is 0 Å². The molecule has 1 aromatic carbocycles. The smallest absolute Gasteiger partial charge is 0.387 e. The van der Waals surface area contributed by atoms with Gasteiger partial charge in [-0.05, 0) is 28.1 Å². The van der Waals surface area contributed by atoms with E-state index in [1.165, 1.54) is 0 Å². The van der Waals surface area contributed by atoms with Gasteiger partial charge in [0.25, 0.3) is 0 Å². The summed E-state index contributed by atoms with van der Waals surface area (Å²) in [5.74, 6) is -1.24. The number of benzene rings is 1. The maximum absolute atomic E-state index is 13.2. The molecule has 0 aliphatic carbocycles. The average molecular weight is 332 g/mol. The largest absolute Gasteiger partial charge is 0.431 e. The summed E-state index contributed by atoms with van der Waals surface area (Å²) in [5.41, 5.74) is -0.292. The minimum absolute atomic E-state index is 0.0171. The van der Waals surface area contributed by atoms with Gasteiger partial charge in [0.05, 0.1) is 10.2 Å². The van der Waals surface area contributed by atoms with Crippen LogP contribution in [0.5, 0.6) is 5.75 Å². The van der Waals surface area contributed by atoms with Crippen molar-refractivity contribution < 1.29 is 17.9 Å². The number of anilines is 1. The highest BCUT2D eigenvalue weighted by atomic mass is 79.9.